The number of rotatable bonds is 10. The van der Waals surface area contributed by atoms with Crippen molar-refractivity contribution < 1.29 is 13.2 Å². The number of hydrogen-bond acceptors (Lipinski definition) is 8. The summed E-state index contributed by atoms with van der Waals surface area (Å²) in [6.45, 7) is 3.85. The Labute approximate surface area is 191 Å². The Bertz CT molecular complexity index is 1170. The highest BCUT2D eigenvalue weighted by Crippen LogP contribution is 2.40. The topological polar surface area (TPSA) is 130 Å². The van der Waals surface area contributed by atoms with Crippen LogP contribution >= 0.6 is 11.6 Å². The quantitative estimate of drug-likeness (QED) is 0.468. The Morgan fingerprint density at radius 1 is 1.28 bits per heavy atom. The molecule has 0 amide bonds. The Kier molecular flexibility index (Phi) is 6.45. The molecule has 2 atom stereocenters. The Morgan fingerprint density at radius 3 is 2.59 bits per heavy atom. The zero-order valence-electron chi connectivity index (χ0n) is 18.0. The summed E-state index contributed by atoms with van der Waals surface area (Å²) in [5.41, 5.74) is 0.629. The molecule has 4 rings (SSSR count). The predicted octanol–water partition coefficient (Wildman–Crippen LogP) is 2.76. The van der Waals surface area contributed by atoms with Crippen LogP contribution in [0.2, 0.25) is 5.02 Å². The first kappa shape index (κ1) is 22.6. The molecule has 3 aromatic heterocycles. The van der Waals surface area contributed by atoms with Gasteiger partial charge < -0.3 is 4.74 Å². The fourth-order valence-corrected chi connectivity index (χ4v) is 4.47. The number of nitrogens with one attached hydrogen (secondary N) is 1. The summed E-state index contributed by atoms with van der Waals surface area (Å²) >= 11 is 5.88. The summed E-state index contributed by atoms with van der Waals surface area (Å²) in [6.07, 6.45) is 6.32. The fraction of sp³-hybridized carbons (Fsp3) is 0.526. The van der Waals surface area contributed by atoms with Crippen LogP contribution in [0.15, 0.2) is 24.7 Å². The van der Waals surface area contributed by atoms with Gasteiger partial charge in [-0.3, -0.25) is 14.0 Å². The van der Waals surface area contributed by atoms with Gasteiger partial charge in [0.25, 0.3) is 0 Å². The average molecular weight is 481 g/mol. The van der Waals surface area contributed by atoms with E-state index >= 15 is 0 Å². The van der Waals surface area contributed by atoms with Crippen LogP contribution in [0, 0.1) is 0 Å². The van der Waals surface area contributed by atoms with Gasteiger partial charge in [0.15, 0.2) is 11.6 Å². The lowest BCUT2D eigenvalue weighted by molar-refractivity contribution is 0.0466. The zero-order valence-corrected chi connectivity index (χ0v) is 19.6. The van der Waals surface area contributed by atoms with Gasteiger partial charge >= 0.3 is 0 Å². The molecule has 1 saturated carbocycles. The molecule has 3 heterocycles. The van der Waals surface area contributed by atoms with E-state index in [2.05, 4.69) is 30.0 Å². The van der Waals surface area contributed by atoms with Crippen molar-refractivity contribution in [2.75, 3.05) is 11.3 Å². The second-order valence-electron chi connectivity index (χ2n) is 7.73. The number of ether oxygens (including phenoxy) is 1. The summed E-state index contributed by atoms with van der Waals surface area (Å²) in [4.78, 5) is 8.34. The molecule has 1 fully saturated rings. The third kappa shape index (κ3) is 4.76. The first-order valence-electron chi connectivity index (χ1n) is 10.4. The van der Waals surface area contributed by atoms with Gasteiger partial charge in [0.05, 0.1) is 5.02 Å². The molecule has 32 heavy (non-hydrogen) atoms. The average Bonchev–Trinajstić information content (AvgIpc) is 3.38. The minimum atomic E-state index is -3.93. The summed E-state index contributed by atoms with van der Waals surface area (Å²) in [6, 6.07) is 1.94. The standard InChI is InChI=1S/C19H25ClN8O3S/c1-4-9-31-16(17-21-10-13(20)11-22-17)12(2)32(29,30)26-19-24-23-18(28(19)14-5-6-14)15-7-8-27(3)25-15/h7-8,10-12,14,16H,4-6,9H2,1-3H3,(H,24,26)/t12-,16+/m0/s1. The highest BCUT2D eigenvalue weighted by Gasteiger charge is 2.37. The lowest BCUT2D eigenvalue weighted by atomic mass is 10.2. The molecule has 0 radical (unpaired) electrons. The van der Waals surface area contributed by atoms with Crippen LogP contribution in [0.4, 0.5) is 5.95 Å². The van der Waals surface area contributed by atoms with Crippen molar-refractivity contribution in [2.24, 2.45) is 7.05 Å². The van der Waals surface area contributed by atoms with Gasteiger partial charge in [0.2, 0.25) is 16.0 Å². The van der Waals surface area contributed by atoms with Gasteiger partial charge in [-0.05, 0) is 32.3 Å². The molecule has 0 saturated heterocycles. The molecule has 172 valence electrons. The van der Waals surface area contributed by atoms with E-state index in [1.807, 2.05) is 20.0 Å². The molecule has 0 spiro atoms. The summed E-state index contributed by atoms with van der Waals surface area (Å²) in [7, 11) is -2.12. The molecule has 11 nitrogen and oxygen atoms in total. The van der Waals surface area contributed by atoms with Crippen LogP contribution in [0.5, 0.6) is 0 Å². The van der Waals surface area contributed by atoms with Crippen molar-refractivity contribution >= 4 is 27.6 Å². The van der Waals surface area contributed by atoms with Crippen LogP contribution in [-0.2, 0) is 21.8 Å². The largest absolute Gasteiger partial charge is 0.369 e. The SMILES string of the molecule is CCCO[C@@H](c1ncc(Cl)cn1)[C@H](C)S(=O)(=O)Nc1nnc(-c2ccn(C)n2)n1C1CC1. The third-order valence-corrected chi connectivity index (χ3v) is 6.98. The van der Waals surface area contributed by atoms with Crippen LogP contribution in [-0.4, -0.2) is 54.8 Å². The van der Waals surface area contributed by atoms with Crippen LogP contribution in [0.3, 0.4) is 0 Å². The molecule has 0 aromatic carbocycles. The fourth-order valence-electron chi connectivity index (χ4n) is 3.27. The van der Waals surface area contributed by atoms with Crippen LogP contribution < -0.4 is 4.72 Å². The number of halogens is 1. The maximum atomic E-state index is 13.3. The molecule has 1 aliphatic rings. The smallest absolute Gasteiger partial charge is 0.240 e. The highest BCUT2D eigenvalue weighted by atomic mass is 35.5. The second kappa shape index (κ2) is 9.12. The van der Waals surface area contributed by atoms with Gasteiger partial charge in [-0.2, -0.15) is 5.10 Å². The van der Waals surface area contributed by atoms with Crippen LogP contribution in [0.25, 0.3) is 11.5 Å². The first-order valence-corrected chi connectivity index (χ1v) is 12.3. The summed E-state index contributed by atoms with van der Waals surface area (Å²) in [5.74, 6) is 0.933. The second-order valence-corrected chi connectivity index (χ2v) is 10.2. The third-order valence-electron chi connectivity index (χ3n) is 5.10. The number of sulfonamides is 1. The molecule has 0 bridgehead atoms. The van der Waals surface area contributed by atoms with Gasteiger partial charge in [0, 0.05) is 38.3 Å². The highest BCUT2D eigenvalue weighted by molar-refractivity contribution is 7.93. The number of aryl methyl sites for hydroxylation is 1. The number of nitrogens with zero attached hydrogens (tertiary/aromatic N) is 7. The maximum Gasteiger partial charge on any atom is 0.240 e. The molecule has 1 N–H and O–H groups in total. The lowest BCUT2D eigenvalue weighted by Crippen LogP contribution is -2.34. The van der Waals surface area contributed by atoms with E-state index in [9.17, 15) is 8.42 Å². The van der Waals surface area contributed by atoms with Crippen molar-refractivity contribution in [2.45, 2.75) is 50.5 Å². The van der Waals surface area contributed by atoms with Crippen LogP contribution in [0.1, 0.15) is 51.1 Å². The Morgan fingerprint density at radius 2 is 2.00 bits per heavy atom. The van der Waals surface area contributed by atoms with Crippen molar-refractivity contribution in [1.82, 2.24) is 34.5 Å². The Balaban J connectivity index is 1.63. The monoisotopic (exact) mass is 480 g/mol. The summed E-state index contributed by atoms with van der Waals surface area (Å²) < 4.78 is 38.5. The minimum Gasteiger partial charge on any atom is -0.369 e. The van der Waals surface area contributed by atoms with Crippen molar-refractivity contribution in [3.05, 3.63) is 35.5 Å². The number of anilines is 1. The Hall–Kier alpha value is -2.57. The molecule has 13 heteroatoms. The van der Waals surface area contributed by atoms with E-state index in [-0.39, 0.29) is 17.8 Å². The first-order chi connectivity index (χ1) is 15.3. The van der Waals surface area contributed by atoms with E-state index in [1.165, 1.54) is 12.4 Å². The minimum absolute atomic E-state index is 0.127. The van der Waals surface area contributed by atoms with E-state index < -0.39 is 21.4 Å². The van der Waals surface area contributed by atoms with E-state index in [0.717, 1.165) is 12.8 Å². The molecule has 1 aliphatic carbocycles. The molecule has 0 aliphatic heterocycles. The summed E-state index contributed by atoms with van der Waals surface area (Å²) in [5, 5.41) is 12.1. The van der Waals surface area contributed by atoms with Crippen molar-refractivity contribution in [3.8, 4) is 11.5 Å². The molecular weight excluding hydrogens is 456 g/mol. The zero-order chi connectivity index (χ0) is 22.9. The predicted molar refractivity (Wildman–Crippen MR) is 119 cm³/mol. The van der Waals surface area contributed by atoms with E-state index in [4.69, 9.17) is 16.3 Å². The molecule has 0 unspecified atom stereocenters. The van der Waals surface area contributed by atoms with Gasteiger partial charge in [-0.1, -0.05) is 18.5 Å². The van der Waals surface area contributed by atoms with E-state index in [0.29, 0.717) is 29.6 Å². The van der Waals surface area contributed by atoms with Gasteiger partial charge in [-0.25, -0.2) is 18.4 Å². The van der Waals surface area contributed by atoms with Crippen molar-refractivity contribution in [1.29, 1.82) is 0 Å². The molecular formula is C19H25ClN8O3S. The van der Waals surface area contributed by atoms with Gasteiger partial charge in [-0.15, -0.1) is 10.2 Å². The number of hydrogen-bond donors (Lipinski definition) is 1. The van der Waals surface area contributed by atoms with Crippen molar-refractivity contribution in [3.63, 3.8) is 0 Å². The number of aromatic nitrogens is 7. The van der Waals surface area contributed by atoms with E-state index in [1.54, 1.807) is 22.4 Å². The maximum absolute atomic E-state index is 13.3. The van der Waals surface area contributed by atoms with Gasteiger partial charge in [0.1, 0.15) is 17.0 Å². The molecule has 3 aromatic rings. The normalized spacial score (nSPS) is 16.1. The lowest BCUT2D eigenvalue weighted by Gasteiger charge is -2.23.